The molecule has 0 radical (unpaired) electrons. The molecular weight excluding hydrogens is 274 g/mol. The van der Waals surface area contributed by atoms with E-state index in [-0.39, 0.29) is 6.04 Å². The van der Waals surface area contributed by atoms with Crippen LogP contribution in [0.5, 0.6) is 0 Å². The van der Waals surface area contributed by atoms with E-state index in [9.17, 15) is 17.6 Å². The van der Waals surface area contributed by atoms with Gasteiger partial charge in [-0.3, -0.25) is 4.90 Å². The number of likely N-dealkylation sites (N-methyl/N-ethyl adjacent to an activating group) is 1. The van der Waals surface area contributed by atoms with Crippen LogP contribution < -0.4 is 4.90 Å². The minimum Gasteiger partial charge on any atom is -0.365 e. The average molecular weight is 289 g/mol. The van der Waals surface area contributed by atoms with E-state index in [0.29, 0.717) is 19.1 Å². The number of nitrogens with zero attached hydrogens (tertiary/aromatic N) is 3. The van der Waals surface area contributed by atoms with Crippen molar-refractivity contribution in [1.29, 1.82) is 0 Å². The van der Waals surface area contributed by atoms with Crippen molar-refractivity contribution in [3.05, 3.63) is 23.5 Å². The fourth-order valence-corrected chi connectivity index (χ4v) is 3.27. The van der Waals surface area contributed by atoms with Crippen LogP contribution >= 0.6 is 0 Å². The van der Waals surface area contributed by atoms with Gasteiger partial charge in [0.25, 0.3) is 11.9 Å². The zero-order valence-electron chi connectivity index (χ0n) is 11.0. The molecule has 0 amide bonds. The Morgan fingerprint density at radius 1 is 0.950 bits per heavy atom. The molecule has 1 aromatic rings. The molecule has 0 spiro atoms. The summed E-state index contributed by atoms with van der Waals surface area (Å²) < 4.78 is 54.0. The second-order valence-electron chi connectivity index (χ2n) is 5.46. The summed E-state index contributed by atoms with van der Waals surface area (Å²) in [4.78, 5) is 6.18. The largest absolute Gasteiger partial charge is 0.365 e. The van der Waals surface area contributed by atoms with Gasteiger partial charge in [0.05, 0.1) is 0 Å². The number of hydrogen-bond acceptors (Lipinski definition) is 3. The van der Waals surface area contributed by atoms with Gasteiger partial charge in [-0.05, 0) is 26.3 Å². The van der Waals surface area contributed by atoms with E-state index in [1.807, 2.05) is 7.05 Å². The molecule has 1 aromatic heterocycles. The van der Waals surface area contributed by atoms with Crippen LogP contribution in [0.2, 0.25) is 0 Å². The molecule has 2 saturated heterocycles. The Labute approximate surface area is 114 Å². The summed E-state index contributed by atoms with van der Waals surface area (Å²) >= 11 is 0. The van der Waals surface area contributed by atoms with Crippen molar-refractivity contribution in [2.45, 2.75) is 31.3 Å². The Hall–Kier alpha value is -1.37. The molecule has 2 aliphatic heterocycles. The van der Waals surface area contributed by atoms with E-state index in [0.717, 1.165) is 19.3 Å². The summed E-state index contributed by atoms with van der Waals surface area (Å²) in [6.07, 6.45) is 2.70. The highest BCUT2D eigenvalue weighted by atomic mass is 19.2. The predicted octanol–water partition coefficient (Wildman–Crippen LogP) is 2.31. The van der Waals surface area contributed by atoms with Crippen molar-refractivity contribution < 1.29 is 17.6 Å². The molecule has 20 heavy (non-hydrogen) atoms. The number of anilines is 1. The molecule has 3 rings (SSSR count). The fraction of sp³-hybridized carbons (Fsp3) is 0.615. The molecule has 7 heteroatoms. The highest BCUT2D eigenvalue weighted by Gasteiger charge is 2.37. The van der Waals surface area contributed by atoms with Gasteiger partial charge in [0.15, 0.2) is 0 Å². The first-order chi connectivity index (χ1) is 9.49. The van der Waals surface area contributed by atoms with Crippen LogP contribution in [0, 0.1) is 23.5 Å². The van der Waals surface area contributed by atoms with Gasteiger partial charge in [-0.15, -0.1) is 0 Å². The average Bonchev–Trinajstić information content (AvgIpc) is 2.64. The third-order valence-corrected chi connectivity index (χ3v) is 4.44. The second kappa shape index (κ2) is 4.87. The fourth-order valence-electron chi connectivity index (χ4n) is 3.27. The van der Waals surface area contributed by atoms with E-state index in [2.05, 4.69) is 9.88 Å². The lowest BCUT2D eigenvalue weighted by Crippen LogP contribution is -2.37. The minimum absolute atomic E-state index is 0.153. The summed E-state index contributed by atoms with van der Waals surface area (Å²) in [5.41, 5.74) is -0.629. The molecule has 2 fully saturated rings. The van der Waals surface area contributed by atoms with Crippen molar-refractivity contribution in [3.63, 3.8) is 0 Å². The zero-order valence-corrected chi connectivity index (χ0v) is 11.0. The normalized spacial score (nSPS) is 26.9. The summed E-state index contributed by atoms with van der Waals surface area (Å²) in [6, 6.07) is 0.522. The van der Waals surface area contributed by atoms with Crippen LogP contribution in [-0.4, -0.2) is 42.1 Å². The van der Waals surface area contributed by atoms with Gasteiger partial charge in [-0.1, -0.05) is 0 Å². The number of pyridine rings is 1. The Kier molecular flexibility index (Phi) is 3.32. The summed E-state index contributed by atoms with van der Waals surface area (Å²) in [6.45, 7) is 0.742. The molecule has 3 nitrogen and oxygen atoms in total. The highest BCUT2D eigenvalue weighted by molar-refractivity contribution is 5.49. The monoisotopic (exact) mass is 289 g/mol. The van der Waals surface area contributed by atoms with Crippen LogP contribution in [0.1, 0.15) is 19.3 Å². The minimum atomic E-state index is -1.60. The van der Waals surface area contributed by atoms with Gasteiger partial charge in [0.2, 0.25) is 11.6 Å². The standard InChI is InChI=1S/C13H15F4N3/c1-19-7-2-3-8(19)6-20(5-4-7)11-9(14)12(16)18-13(17)10(11)15/h7-8H,2-6H2,1H3. The Morgan fingerprint density at radius 2 is 1.55 bits per heavy atom. The lowest BCUT2D eigenvalue weighted by Gasteiger charge is -2.28. The number of fused-ring (bicyclic) bond motifs is 2. The van der Waals surface area contributed by atoms with Crippen molar-refractivity contribution in [2.24, 2.45) is 0 Å². The van der Waals surface area contributed by atoms with Gasteiger partial charge in [0, 0.05) is 25.2 Å². The third-order valence-electron chi connectivity index (χ3n) is 4.44. The predicted molar refractivity (Wildman–Crippen MR) is 65.5 cm³/mol. The third kappa shape index (κ3) is 2.04. The van der Waals surface area contributed by atoms with Crippen molar-refractivity contribution in [3.8, 4) is 0 Å². The Morgan fingerprint density at radius 3 is 2.20 bits per heavy atom. The van der Waals surface area contributed by atoms with Gasteiger partial charge in [0.1, 0.15) is 5.69 Å². The van der Waals surface area contributed by atoms with Crippen molar-refractivity contribution in [2.75, 3.05) is 25.0 Å². The van der Waals surface area contributed by atoms with Crippen LogP contribution in [0.15, 0.2) is 0 Å². The summed E-state index contributed by atoms with van der Waals surface area (Å²) in [5.74, 6) is -6.02. The molecular formula is C13H15F4N3. The maximum atomic E-state index is 13.8. The SMILES string of the molecule is CN1C2CCC1CN(c1c(F)c(F)nc(F)c1F)CC2. The maximum absolute atomic E-state index is 13.8. The van der Waals surface area contributed by atoms with E-state index >= 15 is 0 Å². The zero-order chi connectivity index (χ0) is 14.4. The quantitative estimate of drug-likeness (QED) is 0.584. The number of aromatic nitrogens is 1. The van der Waals surface area contributed by atoms with E-state index in [1.54, 1.807) is 0 Å². The summed E-state index contributed by atoms with van der Waals surface area (Å²) in [5, 5.41) is 0. The molecule has 110 valence electrons. The summed E-state index contributed by atoms with van der Waals surface area (Å²) in [7, 11) is 1.98. The smallest absolute Gasteiger partial charge is 0.253 e. The first-order valence-corrected chi connectivity index (χ1v) is 6.66. The van der Waals surface area contributed by atoms with E-state index < -0.39 is 29.2 Å². The lowest BCUT2D eigenvalue weighted by molar-refractivity contribution is 0.254. The number of hydrogen-bond donors (Lipinski definition) is 0. The van der Waals surface area contributed by atoms with Crippen LogP contribution in [0.4, 0.5) is 23.2 Å². The van der Waals surface area contributed by atoms with Crippen molar-refractivity contribution in [1.82, 2.24) is 9.88 Å². The molecule has 0 aromatic carbocycles. The molecule has 2 bridgehead atoms. The first kappa shape index (κ1) is 13.6. The van der Waals surface area contributed by atoms with Gasteiger partial charge in [-0.2, -0.15) is 22.5 Å². The van der Waals surface area contributed by atoms with Crippen molar-refractivity contribution >= 4 is 5.69 Å². The van der Waals surface area contributed by atoms with Crippen LogP contribution in [0.3, 0.4) is 0 Å². The molecule has 0 aliphatic carbocycles. The molecule has 3 heterocycles. The maximum Gasteiger partial charge on any atom is 0.253 e. The Balaban J connectivity index is 1.97. The molecule has 0 saturated carbocycles. The molecule has 2 unspecified atom stereocenters. The second-order valence-corrected chi connectivity index (χ2v) is 5.46. The van der Waals surface area contributed by atoms with E-state index in [1.165, 1.54) is 4.90 Å². The highest BCUT2D eigenvalue weighted by Crippen LogP contribution is 2.33. The van der Waals surface area contributed by atoms with Gasteiger partial charge < -0.3 is 4.90 Å². The molecule has 0 N–H and O–H groups in total. The molecule has 2 atom stereocenters. The first-order valence-electron chi connectivity index (χ1n) is 6.66. The van der Waals surface area contributed by atoms with Gasteiger partial charge in [-0.25, -0.2) is 0 Å². The van der Waals surface area contributed by atoms with Gasteiger partial charge >= 0.3 is 0 Å². The van der Waals surface area contributed by atoms with Crippen LogP contribution in [0.25, 0.3) is 0 Å². The number of rotatable bonds is 1. The Bertz CT molecular complexity index is 511. The van der Waals surface area contributed by atoms with E-state index in [4.69, 9.17) is 0 Å². The topological polar surface area (TPSA) is 19.4 Å². The number of halogens is 4. The molecule has 2 aliphatic rings. The lowest BCUT2D eigenvalue weighted by atomic mass is 10.1. The van der Waals surface area contributed by atoms with Crippen LogP contribution in [-0.2, 0) is 0 Å².